The molecule has 108 valence electrons. The number of hydrogen-bond donors (Lipinski definition) is 1. The maximum absolute atomic E-state index is 8.95. The SMILES string of the molecule is CC1(c2cncn2-c2ccc(C#N)cc2Cl)CCNCC1. The van der Waals surface area contributed by atoms with E-state index in [0.717, 1.165) is 31.6 Å². The van der Waals surface area contributed by atoms with Gasteiger partial charge >= 0.3 is 0 Å². The second-order valence-electron chi connectivity index (χ2n) is 5.74. The van der Waals surface area contributed by atoms with E-state index in [-0.39, 0.29) is 5.41 Å². The van der Waals surface area contributed by atoms with Crippen LogP contribution >= 0.6 is 11.6 Å². The fourth-order valence-electron chi connectivity index (χ4n) is 2.94. The number of nitrogens with zero attached hydrogens (tertiary/aromatic N) is 3. The topological polar surface area (TPSA) is 53.6 Å². The van der Waals surface area contributed by atoms with E-state index in [9.17, 15) is 0 Å². The number of hydrogen-bond acceptors (Lipinski definition) is 3. The summed E-state index contributed by atoms with van der Waals surface area (Å²) in [7, 11) is 0. The van der Waals surface area contributed by atoms with Gasteiger partial charge in [0, 0.05) is 17.3 Å². The van der Waals surface area contributed by atoms with Crippen molar-refractivity contribution in [1.82, 2.24) is 14.9 Å². The lowest BCUT2D eigenvalue weighted by Gasteiger charge is -2.34. The summed E-state index contributed by atoms with van der Waals surface area (Å²) >= 11 is 6.34. The molecule has 4 nitrogen and oxygen atoms in total. The fourth-order valence-corrected chi connectivity index (χ4v) is 3.21. The molecule has 2 heterocycles. The summed E-state index contributed by atoms with van der Waals surface area (Å²) in [6.45, 7) is 4.31. The Labute approximate surface area is 129 Å². The minimum absolute atomic E-state index is 0.0962. The predicted molar refractivity (Wildman–Crippen MR) is 82.7 cm³/mol. The molecule has 0 aliphatic carbocycles. The van der Waals surface area contributed by atoms with E-state index in [0.29, 0.717) is 10.6 Å². The van der Waals surface area contributed by atoms with E-state index in [1.807, 2.05) is 12.3 Å². The van der Waals surface area contributed by atoms with E-state index in [4.69, 9.17) is 16.9 Å². The van der Waals surface area contributed by atoms with Gasteiger partial charge < -0.3 is 9.88 Å². The minimum Gasteiger partial charge on any atom is -0.317 e. The third kappa shape index (κ3) is 2.55. The number of benzene rings is 1. The van der Waals surface area contributed by atoms with Gasteiger partial charge in [-0.3, -0.25) is 0 Å². The van der Waals surface area contributed by atoms with Crippen LogP contribution < -0.4 is 5.32 Å². The summed E-state index contributed by atoms with van der Waals surface area (Å²) < 4.78 is 2.05. The standard InChI is InChI=1S/C16H17ClN4/c1-16(4-6-19-7-5-16)15-10-20-11-21(15)14-3-2-12(9-18)8-13(14)17/h2-3,8,10-11,19H,4-7H2,1H3. The number of rotatable bonds is 2. The van der Waals surface area contributed by atoms with Gasteiger partial charge in [-0.15, -0.1) is 0 Å². The number of piperidine rings is 1. The average Bonchev–Trinajstić information content (AvgIpc) is 2.98. The lowest BCUT2D eigenvalue weighted by atomic mass is 9.78. The van der Waals surface area contributed by atoms with Crippen molar-refractivity contribution in [3.05, 3.63) is 47.0 Å². The number of aromatic nitrogens is 2. The molecular weight excluding hydrogens is 284 g/mol. The van der Waals surface area contributed by atoms with Crippen LogP contribution in [-0.4, -0.2) is 22.6 Å². The molecule has 1 fully saturated rings. The molecular formula is C16H17ClN4. The lowest BCUT2D eigenvalue weighted by molar-refractivity contribution is 0.324. The van der Waals surface area contributed by atoms with Crippen molar-refractivity contribution in [2.24, 2.45) is 0 Å². The van der Waals surface area contributed by atoms with Crippen molar-refractivity contribution >= 4 is 11.6 Å². The maximum Gasteiger partial charge on any atom is 0.0994 e. The largest absolute Gasteiger partial charge is 0.317 e. The van der Waals surface area contributed by atoms with Gasteiger partial charge in [0.2, 0.25) is 0 Å². The van der Waals surface area contributed by atoms with E-state index in [2.05, 4.69) is 27.9 Å². The van der Waals surface area contributed by atoms with Gasteiger partial charge in [0.25, 0.3) is 0 Å². The average molecular weight is 301 g/mol. The first-order valence-electron chi connectivity index (χ1n) is 7.08. The van der Waals surface area contributed by atoms with Gasteiger partial charge in [-0.1, -0.05) is 18.5 Å². The first kappa shape index (κ1) is 14.1. The Bertz CT molecular complexity index is 693. The molecule has 5 heteroatoms. The van der Waals surface area contributed by atoms with Crippen molar-refractivity contribution in [1.29, 1.82) is 5.26 Å². The van der Waals surface area contributed by atoms with Gasteiger partial charge in [-0.2, -0.15) is 5.26 Å². The van der Waals surface area contributed by atoms with E-state index in [1.54, 1.807) is 18.5 Å². The van der Waals surface area contributed by atoms with E-state index < -0.39 is 0 Å². The summed E-state index contributed by atoms with van der Waals surface area (Å²) in [4.78, 5) is 4.32. The van der Waals surface area contributed by atoms with Crippen molar-refractivity contribution in [3.8, 4) is 11.8 Å². The third-order valence-corrected chi connectivity index (χ3v) is 4.60. The number of nitriles is 1. The van der Waals surface area contributed by atoms with Crippen molar-refractivity contribution in [3.63, 3.8) is 0 Å². The molecule has 3 rings (SSSR count). The second-order valence-corrected chi connectivity index (χ2v) is 6.14. The molecule has 0 unspecified atom stereocenters. The molecule has 1 aliphatic heterocycles. The minimum atomic E-state index is 0.0962. The Morgan fingerprint density at radius 3 is 2.81 bits per heavy atom. The quantitative estimate of drug-likeness (QED) is 0.927. The van der Waals surface area contributed by atoms with E-state index in [1.165, 1.54) is 5.69 Å². The van der Waals surface area contributed by atoms with Crippen LogP contribution in [0.1, 0.15) is 31.0 Å². The van der Waals surface area contributed by atoms with Gasteiger partial charge in [0.15, 0.2) is 0 Å². The summed E-state index contributed by atoms with van der Waals surface area (Å²) in [6, 6.07) is 7.48. The highest BCUT2D eigenvalue weighted by molar-refractivity contribution is 6.32. The van der Waals surface area contributed by atoms with Crippen molar-refractivity contribution < 1.29 is 0 Å². The van der Waals surface area contributed by atoms with E-state index >= 15 is 0 Å². The molecule has 0 bridgehead atoms. The van der Waals surface area contributed by atoms with Gasteiger partial charge in [-0.05, 0) is 44.1 Å². The smallest absolute Gasteiger partial charge is 0.0994 e. The highest BCUT2D eigenvalue weighted by Gasteiger charge is 2.32. The molecule has 0 atom stereocenters. The van der Waals surface area contributed by atoms with Crippen LogP contribution in [0.5, 0.6) is 0 Å². The molecule has 1 aromatic heterocycles. The van der Waals surface area contributed by atoms with Gasteiger partial charge in [0.1, 0.15) is 0 Å². The molecule has 1 aliphatic rings. The third-order valence-electron chi connectivity index (χ3n) is 4.30. The van der Waals surface area contributed by atoms with Crippen LogP contribution in [-0.2, 0) is 5.41 Å². The summed E-state index contributed by atoms with van der Waals surface area (Å²) in [6.07, 6.45) is 5.88. The van der Waals surface area contributed by atoms with Crippen LogP contribution in [0.25, 0.3) is 5.69 Å². The molecule has 0 saturated carbocycles. The highest BCUT2D eigenvalue weighted by atomic mass is 35.5. The molecule has 1 saturated heterocycles. The van der Waals surface area contributed by atoms with Gasteiger partial charge in [-0.25, -0.2) is 4.98 Å². The van der Waals surface area contributed by atoms with Crippen LogP contribution in [0.15, 0.2) is 30.7 Å². The van der Waals surface area contributed by atoms with Crippen LogP contribution in [0, 0.1) is 11.3 Å². The van der Waals surface area contributed by atoms with Crippen LogP contribution in [0.4, 0.5) is 0 Å². The fraction of sp³-hybridized carbons (Fsp3) is 0.375. The van der Waals surface area contributed by atoms with Crippen molar-refractivity contribution in [2.75, 3.05) is 13.1 Å². The first-order chi connectivity index (χ1) is 10.1. The maximum atomic E-state index is 8.95. The second kappa shape index (κ2) is 5.51. The molecule has 21 heavy (non-hydrogen) atoms. The first-order valence-corrected chi connectivity index (χ1v) is 7.45. The number of halogens is 1. The van der Waals surface area contributed by atoms with Gasteiger partial charge in [0.05, 0.1) is 28.7 Å². The lowest BCUT2D eigenvalue weighted by Crippen LogP contribution is -2.38. The monoisotopic (exact) mass is 300 g/mol. The zero-order valence-corrected chi connectivity index (χ0v) is 12.7. The molecule has 0 amide bonds. The Balaban J connectivity index is 2.05. The normalized spacial score (nSPS) is 17.4. The zero-order valence-electron chi connectivity index (χ0n) is 11.9. The Hall–Kier alpha value is -1.83. The Morgan fingerprint density at radius 2 is 2.14 bits per heavy atom. The Kier molecular flexibility index (Phi) is 3.71. The molecule has 2 aromatic rings. The molecule has 1 aromatic carbocycles. The predicted octanol–water partition coefficient (Wildman–Crippen LogP) is 3.04. The summed E-state index contributed by atoms with van der Waals surface area (Å²) in [5, 5.41) is 12.9. The molecule has 0 spiro atoms. The van der Waals surface area contributed by atoms with Crippen LogP contribution in [0.3, 0.4) is 0 Å². The highest BCUT2D eigenvalue weighted by Crippen LogP contribution is 2.35. The zero-order chi connectivity index (χ0) is 14.9. The number of nitrogens with one attached hydrogen (secondary N) is 1. The summed E-state index contributed by atoms with van der Waals surface area (Å²) in [5.41, 5.74) is 2.72. The Morgan fingerprint density at radius 1 is 1.38 bits per heavy atom. The molecule has 0 radical (unpaired) electrons. The summed E-state index contributed by atoms with van der Waals surface area (Å²) in [5.74, 6) is 0. The van der Waals surface area contributed by atoms with Crippen molar-refractivity contribution in [2.45, 2.75) is 25.2 Å². The number of imidazole rings is 1. The van der Waals surface area contributed by atoms with Crippen LogP contribution in [0.2, 0.25) is 5.02 Å². The molecule has 1 N–H and O–H groups in total.